The maximum absolute atomic E-state index is 15.3. The third-order valence-corrected chi connectivity index (χ3v) is 6.18. The van der Waals surface area contributed by atoms with Gasteiger partial charge in [0.15, 0.2) is 5.82 Å². The number of hydrogen-bond donors (Lipinski definition) is 1. The van der Waals surface area contributed by atoms with Gasteiger partial charge in [-0.15, -0.1) is 0 Å². The summed E-state index contributed by atoms with van der Waals surface area (Å²) in [6.07, 6.45) is 5.98. The van der Waals surface area contributed by atoms with Crippen LogP contribution in [0.5, 0.6) is 0 Å². The molecule has 10 heteroatoms. The first-order chi connectivity index (χ1) is 16.1. The molecule has 0 aliphatic carbocycles. The molecule has 4 aromatic rings. The SMILES string of the molecule is C[C@@H]1COCCN1c1cc(N2Cc3ccncc3C2=O)c2c(F)cnc(-c3ccn[nH]3)c2n1. The molecule has 1 saturated heterocycles. The van der Waals surface area contributed by atoms with Crippen LogP contribution >= 0.6 is 0 Å². The lowest BCUT2D eigenvalue weighted by Gasteiger charge is -2.35. The molecular formula is C23H20FN7O2. The number of pyridine rings is 3. The van der Waals surface area contributed by atoms with E-state index in [0.29, 0.717) is 60.3 Å². The monoisotopic (exact) mass is 445 g/mol. The summed E-state index contributed by atoms with van der Waals surface area (Å²) < 4.78 is 20.9. The van der Waals surface area contributed by atoms with E-state index in [1.54, 1.807) is 35.6 Å². The van der Waals surface area contributed by atoms with E-state index in [-0.39, 0.29) is 17.3 Å². The number of anilines is 2. The van der Waals surface area contributed by atoms with Gasteiger partial charge in [0.25, 0.3) is 5.91 Å². The number of nitrogens with zero attached hydrogens (tertiary/aromatic N) is 6. The van der Waals surface area contributed by atoms with E-state index in [0.717, 1.165) is 11.8 Å². The van der Waals surface area contributed by atoms with Gasteiger partial charge in [0.2, 0.25) is 0 Å². The minimum Gasteiger partial charge on any atom is -0.377 e. The minimum atomic E-state index is -0.542. The lowest BCUT2D eigenvalue weighted by atomic mass is 10.1. The fraction of sp³-hybridized carbons (Fsp3) is 0.261. The fourth-order valence-electron chi connectivity index (χ4n) is 4.52. The zero-order chi connectivity index (χ0) is 22.5. The molecule has 6 rings (SSSR count). The molecule has 2 aliphatic rings. The van der Waals surface area contributed by atoms with Crippen molar-refractivity contribution < 1.29 is 13.9 Å². The summed E-state index contributed by atoms with van der Waals surface area (Å²) in [5.41, 5.74) is 3.28. The van der Waals surface area contributed by atoms with Crippen molar-refractivity contribution >= 4 is 28.3 Å². The van der Waals surface area contributed by atoms with Crippen LogP contribution in [0.2, 0.25) is 0 Å². The average molecular weight is 445 g/mol. The number of rotatable bonds is 3. The molecular weight excluding hydrogens is 425 g/mol. The molecule has 0 saturated carbocycles. The third kappa shape index (κ3) is 3.13. The van der Waals surface area contributed by atoms with Crippen molar-refractivity contribution in [3.8, 4) is 11.4 Å². The van der Waals surface area contributed by atoms with Crippen LogP contribution in [0, 0.1) is 5.82 Å². The van der Waals surface area contributed by atoms with Crippen LogP contribution in [-0.4, -0.2) is 56.9 Å². The maximum Gasteiger partial charge on any atom is 0.260 e. The largest absolute Gasteiger partial charge is 0.377 e. The predicted octanol–water partition coefficient (Wildman–Crippen LogP) is 2.94. The number of carbonyl (C=O) groups excluding carboxylic acids is 1. The Morgan fingerprint density at radius 2 is 2.15 bits per heavy atom. The Bertz CT molecular complexity index is 1380. The highest BCUT2D eigenvalue weighted by Gasteiger charge is 2.33. The Morgan fingerprint density at radius 3 is 2.94 bits per heavy atom. The summed E-state index contributed by atoms with van der Waals surface area (Å²) >= 11 is 0. The average Bonchev–Trinajstić information content (AvgIpc) is 3.48. The van der Waals surface area contributed by atoms with E-state index in [1.165, 1.54) is 0 Å². The topological polar surface area (TPSA) is 100 Å². The first kappa shape index (κ1) is 19.7. The lowest BCUT2D eigenvalue weighted by molar-refractivity contribution is 0.0984. The Labute approximate surface area is 188 Å². The van der Waals surface area contributed by atoms with Crippen LogP contribution < -0.4 is 9.80 Å². The molecule has 1 N–H and O–H groups in total. The summed E-state index contributed by atoms with van der Waals surface area (Å²) in [5.74, 6) is -0.117. The number of ether oxygens (including phenoxy) is 1. The van der Waals surface area contributed by atoms with Crippen LogP contribution in [-0.2, 0) is 11.3 Å². The van der Waals surface area contributed by atoms with E-state index >= 15 is 4.39 Å². The first-order valence-corrected chi connectivity index (χ1v) is 10.7. The van der Waals surface area contributed by atoms with Gasteiger partial charge in [-0.05, 0) is 24.6 Å². The molecule has 0 spiro atoms. The predicted molar refractivity (Wildman–Crippen MR) is 119 cm³/mol. The van der Waals surface area contributed by atoms with E-state index in [4.69, 9.17) is 9.72 Å². The van der Waals surface area contributed by atoms with Gasteiger partial charge in [-0.2, -0.15) is 5.10 Å². The number of nitrogens with one attached hydrogen (secondary N) is 1. The summed E-state index contributed by atoms with van der Waals surface area (Å²) in [6.45, 7) is 4.14. The summed E-state index contributed by atoms with van der Waals surface area (Å²) in [5, 5.41) is 7.14. The van der Waals surface area contributed by atoms with E-state index in [9.17, 15) is 4.79 Å². The van der Waals surface area contributed by atoms with Gasteiger partial charge in [-0.25, -0.2) is 14.4 Å². The molecule has 9 nitrogen and oxygen atoms in total. The zero-order valence-electron chi connectivity index (χ0n) is 17.8. The van der Waals surface area contributed by atoms with E-state index in [2.05, 4.69) is 25.1 Å². The molecule has 33 heavy (non-hydrogen) atoms. The molecule has 2 aliphatic heterocycles. The molecule has 4 aromatic heterocycles. The molecule has 1 atom stereocenters. The molecule has 0 bridgehead atoms. The van der Waals surface area contributed by atoms with Gasteiger partial charge in [-0.1, -0.05) is 0 Å². The first-order valence-electron chi connectivity index (χ1n) is 10.7. The number of morpholine rings is 1. The number of aromatic nitrogens is 5. The lowest BCUT2D eigenvalue weighted by Crippen LogP contribution is -2.44. The van der Waals surface area contributed by atoms with Crippen molar-refractivity contribution in [2.45, 2.75) is 19.5 Å². The quantitative estimate of drug-likeness (QED) is 0.518. The van der Waals surface area contributed by atoms with Crippen molar-refractivity contribution in [1.29, 1.82) is 0 Å². The minimum absolute atomic E-state index is 0.0735. The number of hydrogen-bond acceptors (Lipinski definition) is 7. The van der Waals surface area contributed by atoms with Gasteiger partial charge in [0.05, 0.1) is 54.3 Å². The molecule has 0 unspecified atom stereocenters. The van der Waals surface area contributed by atoms with Crippen molar-refractivity contribution in [2.75, 3.05) is 29.6 Å². The second-order valence-electron chi connectivity index (χ2n) is 8.19. The van der Waals surface area contributed by atoms with Crippen molar-refractivity contribution in [3.63, 3.8) is 0 Å². The number of fused-ring (bicyclic) bond motifs is 2. The number of halogens is 1. The van der Waals surface area contributed by atoms with Crippen LogP contribution in [0.25, 0.3) is 22.3 Å². The highest BCUT2D eigenvalue weighted by Crippen LogP contribution is 2.39. The van der Waals surface area contributed by atoms with E-state index in [1.807, 2.05) is 13.0 Å². The summed E-state index contributed by atoms with van der Waals surface area (Å²) in [4.78, 5) is 30.2. The van der Waals surface area contributed by atoms with Crippen LogP contribution in [0.1, 0.15) is 22.8 Å². The smallest absolute Gasteiger partial charge is 0.260 e. The highest BCUT2D eigenvalue weighted by molar-refractivity contribution is 6.14. The number of carbonyl (C=O) groups is 1. The van der Waals surface area contributed by atoms with Crippen molar-refractivity contribution in [1.82, 2.24) is 25.1 Å². The van der Waals surface area contributed by atoms with Gasteiger partial charge < -0.3 is 14.5 Å². The maximum atomic E-state index is 15.3. The summed E-state index contributed by atoms with van der Waals surface area (Å²) in [6, 6.07) is 5.44. The van der Waals surface area contributed by atoms with Gasteiger partial charge in [0, 0.05) is 31.2 Å². The van der Waals surface area contributed by atoms with Gasteiger partial charge >= 0.3 is 0 Å². The molecule has 1 fully saturated rings. The van der Waals surface area contributed by atoms with Crippen LogP contribution in [0.4, 0.5) is 15.9 Å². The molecule has 1 amide bonds. The van der Waals surface area contributed by atoms with E-state index < -0.39 is 5.82 Å². The Kier molecular flexibility index (Phi) is 4.54. The molecule has 166 valence electrons. The number of aromatic amines is 1. The van der Waals surface area contributed by atoms with Gasteiger partial charge in [0.1, 0.15) is 17.0 Å². The van der Waals surface area contributed by atoms with Crippen molar-refractivity contribution in [2.24, 2.45) is 0 Å². The van der Waals surface area contributed by atoms with Crippen LogP contribution in [0.15, 0.2) is 43.0 Å². The second kappa shape index (κ2) is 7.59. The number of amides is 1. The zero-order valence-corrected chi connectivity index (χ0v) is 17.8. The fourth-order valence-corrected chi connectivity index (χ4v) is 4.52. The normalized spacial score (nSPS) is 18.2. The molecule has 6 heterocycles. The molecule has 0 aromatic carbocycles. The molecule has 0 radical (unpaired) electrons. The Morgan fingerprint density at radius 1 is 1.24 bits per heavy atom. The van der Waals surface area contributed by atoms with Crippen molar-refractivity contribution in [3.05, 3.63) is 59.9 Å². The standard InChI is InChI=1S/C23H20FN7O2/c1-13-12-33-7-6-30(13)19-8-18(31-11-14-2-4-25-9-15(14)23(31)32)20-16(24)10-26-21(22(20)28-19)17-3-5-27-29-17/h2-5,8-10,13H,6-7,11-12H2,1H3,(H,27,29)/t13-/m1/s1. The Balaban J connectivity index is 1.61. The Hall–Kier alpha value is -3.92. The van der Waals surface area contributed by atoms with Crippen LogP contribution in [0.3, 0.4) is 0 Å². The second-order valence-corrected chi connectivity index (χ2v) is 8.19. The number of H-pyrrole nitrogens is 1. The van der Waals surface area contributed by atoms with Gasteiger partial charge in [-0.3, -0.25) is 14.9 Å². The summed E-state index contributed by atoms with van der Waals surface area (Å²) in [7, 11) is 0. The third-order valence-electron chi connectivity index (χ3n) is 6.18. The highest BCUT2D eigenvalue weighted by atomic mass is 19.1.